The second-order valence-corrected chi connectivity index (χ2v) is 11.2. The van der Waals surface area contributed by atoms with E-state index >= 15 is 0 Å². The van der Waals surface area contributed by atoms with Crippen molar-refractivity contribution in [3.05, 3.63) is 88.6 Å². The fourth-order valence-electron chi connectivity index (χ4n) is 4.73. The van der Waals surface area contributed by atoms with Gasteiger partial charge in [-0.1, -0.05) is 36.4 Å². The number of sulfonamides is 1. The summed E-state index contributed by atoms with van der Waals surface area (Å²) in [5.74, 6) is 0.542. The van der Waals surface area contributed by atoms with Gasteiger partial charge in [-0.15, -0.1) is 0 Å². The molecule has 1 fully saturated rings. The third kappa shape index (κ3) is 6.87. The molecule has 1 saturated carbocycles. The van der Waals surface area contributed by atoms with E-state index in [0.717, 1.165) is 43.1 Å². The number of benzene rings is 1. The number of nitrogens with one attached hydrogen (secondary N) is 1. The van der Waals surface area contributed by atoms with E-state index in [1.807, 2.05) is 24.3 Å². The fraction of sp³-hybridized carbons (Fsp3) is 0.407. The van der Waals surface area contributed by atoms with Gasteiger partial charge in [-0.25, -0.2) is 13.1 Å². The van der Waals surface area contributed by atoms with Crippen LogP contribution in [-0.4, -0.2) is 43.5 Å². The van der Waals surface area contributed by atoms with Crippen LogP contribution in [0.25, 0.3) is 11.1 Å². The maximum Gasteiger partial charge on any atom is 0.253 e. The summed E-state index contributed by atoms with van der Waals surface area (Å²) in [6.07, 6.45) is 10.4. The maximum atomic E-state index is 13.1. The minimum atomic E-state index is -3.42. The topological polar surface area (TPSA) is 90.3 Å². The number of rotatable bonds is 9. The van der Waals surface area contributed by atoms with E-state index < -0.39 is 16.1 Å². The second-order valence-electron chi connectivity index (χ2n) is 9.36. The molecule has 1 atom stereocenters. The third-order valence-electron chi connectivity index (χ3n) is 6.66. The van der Waals surface area contributed by atoms with Crippen molar-refractivity contribution in [1.29, 1.82) is 0 Å². The summed E-state index contributed by atoms with van der Waals surface area (Å²) in [4.78, 5) is 17.3. The van der Waals surface area contributed by atoms with Crippen LogP contribution in [0.15, 0.2) is 71.9 Å². The molecule has 0 bridgehead atoms. The molecule has 2 heterocycles. The molecule has 0 radical (unpaired) electrons. The Balaban J connectivity index is 1.50. The number of hydrogen-bond acceptors (Lipinski definition) is 5. The van der Waals surface area contributed by atoms with E-state index in [2.05, 4.69) is 34.0 Å². The van der Waals surface area contributed by atoms with Crippen LogP contribution in [0.4, 0.5) is 0 Å². The van der Waals surface area contributed by atoms with Gasteiger partial charge in [-0.2, -0.15) is 0 Å². The van der Waals surface area contributed by atoms with E-state index in [-0.39, 0.29) is 24.8 Å². The van der Waals surface area contributed by atoms with Gasteiger partial charge < -0.3 is 9.30 Å². The van der Waals surface area contributed by atoms with E-state index in [1.165, 1.54) is 5.56 Å². The van der Waals surface area contributed by atoms with E-state index in [4.69, 9.17) is 4.74 Å². The Morgan fingerprint density at radius 3 is 2.49 bits per heavy atom. The van der Waals surface area contributed by atoms with Crippen LogP contribution in [-0.2, 0) is 14.8 Å². The first-order valence-corrected chi connectivity index (χ1v) is 13.9. The molecule has 3 aromatic rings. The molecule has 1 aromatic carbocycles. The predicted octanol–water partition coefficient (Wildman–Crippen LogP) is 4.05. The molecule has 0 spiro atoms. The second kappa shape index (κ2) is 11.3. The van der Waals surface area contributed by atoms with Crippen molar-refractivity contribution in [2.45, 2.75) is 50.7 Å². The molecule has 7 nitrogen and oxygen atoms in total. The number of ether oxygens (including phenoxy) is 1. The number of aromatic nitrogens is 2. The molecule has 0 saturated heterocycles. The summed E-state index contributed by atoms with van der Waals surface area (Å²) in [5.41, 5.74) is 3.53. The van der Waals surface area contributed by atoms with Gasteiger partial charge >= 0.3 is 0 Å². The highest BCUT2D eigenvalue weighted by atomic mass is 32.2. The normalized spacial score (nSPS) is 19.4. The molecule has 0 aliphatic heterocycles. The van der Waals surface area contributed by atoms with Crippen LogP contribution in [0.2, 0.25) is 0 Å². The average Bonchev–Trinajstić information content (AvgIpc) is 2.87. The summed E-state index contributed by atoms with van der Waals surface area (Å²) >= 11 is 0. The van der Waals surface area contributed by atoms with Crippen molar-refractivity contribution in [3.63, 3.8) is 0 Å². The van der Waals surface area contributed by atoms with Gasteiger partial charge in [0.05, 0.1) is 25.0 Å². The molecule has 1 unspecified atom stereocenters. The molecule has 8 heteroatoms. The Kier molecular flexibility index (Phi) is 8.15. The molecule has 1 N–H and O–H groups in total. The molecular formula is C27H33N3O4S. The van der Waals surface area contributed by atoms with Crippen molar-refractivity contribution in [2.24, 2.45) is 0 Å². The number of pyridine rings is 2. The van der Waals surface area contributed by atoms with Crippen LogP contribution in [0.1, 0.15) is 48.8 Å². The number of aryl methyl sites for hydroxylation is 1. The van der Waals surface area contributed by atoms with Gasteiger partial charge in [0, 0.05) is 41.8 Å². The zero-order chi connectivity index (χ0) is 24.8. The standard InChI is InChI=1S/C27H33N3O4S/c1-20-15-24(23-9-6-14-28-16-23)18-30(27(20)31)25(17-29-35(2,32)33)19-34-26-12-10-22(11-13-26)21-7-4-3-5-8-21/h3-9,14-16,18,22,25-26,29H,10-13,17,19H2,1-2H3/t22-,25?,26+. The van der Waals surface area contributed by atoms with Crippen LogP contribution in [0, 0.1) is 6.92 Å². The lowest BCUT2D eigenvalue weighted by Crippen LogP contribution is -2.38. The Morgan fingerprint density at radius 2 is 1.83 bits per heavy atom. The van der Waals surface area contributed by atoms with Gasteiger partial charge in [0.2, 0.25) is 10.0 Å². The summed E-state index contributed by atoms with van der Waals surface area (Å²) < 4.78 is 34.1. The van der Waals surface area contributed by atoms with Crippen LogP contribution in [0.5, 0.6) is 0 Å². The highest BCUT2D eigenvalue weighted by Gasteiger charge is 2.25. The minimum absolute atomic E-state index is 0.0774. The van der Waals surface area contributed by atoms with Crippen LogP contribution in [0.3, 0.4) is 0 Å². The fourth-order valence-corrected chi connectivity index (χ4v) is 5.22. The summed E-state index contributed by atoms with van der Waals surface area (Å²) in [5, 5.41) is 0. The molecule has 186 valence electrons. The lowest BCUT2D eigenvalue weighted by molar-refractivity contribution is 0.00736. The average molecular weight is 496 g/mol. The van der Waals surface area contributed by atoms with Gasteiger partial charge in [0.1, 0.15) is 0 Å². The zero-order valence-corrected chi connectivity index (χ0v) is 21.1. The summed E-state index contributed by atoms with van der Waals surface area (Å²) in [7, 11) is -3.42. The quantitative estimate of drug-likeness (QED) is 0.484. The molecule has 0 amide bonds. The van der Waals surface area contributed by atoms with Gasteiger partial charge in [0.15, 0.2) is 0 Å². The SMILES string of the molecule is Cc1cc(-c2cccnc2)cn(C(CNS(C)(=O)=O)CO[C@H]2CC[C@@H](c3ccccc3)CC2)c1=O. The van der Waals surface area contributed by atoms with E-state index in [9.17, 15) is 13.2 Å². The van der Waals surface area contributed by atoms with Crippen molar-refractivity contribution in [2.75, 3.05) is 19.4 Å². The van der Waals surface area contributed by atoms with Crippen molar-refractivity contribution in [1.82, 2.24) is 14.3 Å². The number of nitrogens with zero attached hydrogens (tertiary/aromatic N) is 2. The monoisotopic (exact) mass is 495 g/mol. The van der Waals surface area contributed by atoms with Crippen LogP contribution >= 0.6 is 0 Å². The Bertz CT molecular complexity index is 1270. The van der Waals surface area contributed by atoms with Crippen molar-refractivity contribution in [3.8, 4) is 11.1 Å². The first kappa shape index (κ1) is 25.3. The van der Waals surface area contributed by atoms with Gasteiger partial charge in [0.25, 0.3) is 5.56 Å². The predicted molar refractivity (Wildman–Crippen MR) is 138 cm³/mol. The first-order chi connectivity index (χ1) is 16.8. The van der Waals surface area contributed by atoms with E-state index in [1.54, 1.807) is 30.1 Å². The summed E-state index contributed by atoms with van der Waals surface area (Å²) in [6, 6.07) is 15.7. The Labute approximate surface area is 207 Å². The maximum absolute atomic E-state index is 13.1. The highest BCUT2D eigenvalue weighted by molar-refractivity contribution is 7.88. The Hall–Kier alpha value is -2.81. The Morgan fingerprint density at radius 1 is 1.09 bits per heavy atom. The third-order valence-corrected chi connectivity index (χ3v) is 7.35. The largest absolute Gasteiger partial charge is 0.376 e. The first-order valence-electron chi connectivity index (χ1n) is 12.0. The van der Waals surface area contributed by atoms with Gasteiger partial charge in [-0.3, -0.25) is 9.78 Å². The molecular weight excluding hydrogens is 462 g/mol. The van der Waals surface area contributed by atoms with Crippen molar-refractivity contribution < 1.29 is 13.2 Å². The smallest absolute Gasteiger partial charge is 0.253 e. The lowest BCUT2D eigenvalue weighted by atomic mass is 9.83. The molecule has 35 heavy (non-hydrogen) atoms. The molecule has 2 aromatic heterocycles. The van der Waals surface area contributed by atoms with Gasteiger partial charge in [-0.05, 0) is 56.2 Å². The minimum Gasteiger partial charge on any atom is -0.376 e. The van der Waals surface area contributed by atoms with E-state index in [0.29, 0.717) is 11.5 Å². The molecule has 4 rings (SSSR count). The zero-order valence-electron chi connectivity index (χ0n) is 20.3. The molecule has 1 aliphatic carbocycles. The van der Waals surface area contributed by atoms with Crippen molar-refractivity contribution >= 4 is 10.0 Å². The highest BCUT2D eigenvalue weighted by Crippen LogP contribution is 2.34. The van der Waals surface area contributed by atoms with Crippen LogP contribution < -0.4 is 10.3 Å². The lowest BCUT2D eigenvalue weighted by Gasteiger charge is -2.30. The number of hydrogen-bond donors (Lipinski definition) is 1. The summed E-state index contributed by atoms with van der Waals surface area (Å²) in [6.45, 7) is 2.10. The molecule has 1 aliphatic rings.